The Morgan fingerprint density at radius 3 is 0.748 bits per heavy atom. The highest BCUT2D eigenvalue weighted by atomic mass is 15.0. The van der Waals surface area contributed by atoms with Crippen LogP contribution in [-0.2, 0) is 10.8 Å². The van der Waals surface area contributed by atoms with Crippen LogP contribution in [0.25, 0.3) is 196 Å². The van der Waals surface area contributed by atoms with Gasteiger partial charge in [-0.05, 0) is 211 Å². The van der Waals surface area contributed by atoms with Gasteiger partial charge in [-0.25, -0.2) is 29.9 Å². The van der Waals surface area contributed by atoms with E-state index in [1.165, 1.54) is 99.8 Å². The van der Waals surface area contributed by atoms with E-state index in [1.54, 1.807) is 0 Å². The van der Waals surface area contributed by atoms with E-state index >= 15 is 0 Å². The summed E-state index contributed by atoms with van der Waals surface area (Å²) in [6.07, 6.45) is 0. The van der Waals surface area contributed by atoms with Gasteiger partial charge in [0.1, 0.15) is 0 Å². The lowest BCUT2D eigenvalue weighted by atomic mass is 9.70. The topological polar surface area (TPSA) is 82.3 Å². The van der Waals surface area contributed by atoms with Crippen molar-refractivity contribution in [3.8, 4) is 174 Å². The van der Waals surface area contributed by atoms with E-state index < -0.39 is 10.8 Å². The first-order valence-corrected chi connectivity index (χ1v) is 42.1. The van der Waals surface area contributed by atoms with Crippen LogP contribution in [0.3, 0.4) is 0 Å². The molecule has 3 aromatic heterocycles. The molecule has 0 radical (unpaired) electrons. The molecule has 4 aliphatic carbocycles. The molecule has 0 aliphatic heterocycles. The van der Waals surface area contributed by atoms with E-state index in [2.05, 4.69) is 435 Å². The molecule has 0 bridgehead atoms. The molecule has 123 heavy (non-hydrogen) atoms. The van der Waals surface area contributed by atoms with Gasteiger partial charge in [-0.15, -0.1) is 0 Å². The number of fused-ring (bicyclic) bond motifs is 23. The summed E-state index contributed by atoms with van der Waals surface area (Å²) in [7, 11) is 0. The zero-order chi connectivity index (χ0) is 80.9. The van der Waals surface area contributed by atoms with Crippen molar-refractivity contribution >= 4 is 21.8 Å². The van der Waals surface area contributed by atoms with Crippen molar-refractivity contribution in [3.05, 3.63) is 475 Å². The van der Waals surface area contributed by atoms with Crippen molar-refractivity contribution in [2.24, 2.45) is 0 Å². The molecule has 0 saturated carbocycles. The van der Waals surface area contributed by atoms with Crippen LogP contribution in [0.2, 0.25) is 0 Å². The second-order valence-electron chi connectivity index (χ2n) is 32.6. The Kier molecular flexibility index (Phi) is 15.7. The van der Waals surface area contributed by atoms with Gasteiger partial charge in [0.2, 0.25) is 0 Å². The number of nitrogens with zero attached hydrogens (tertiary/aromatic N) is 7. The van der Waals surface area contributed by atoms with Gasteiger partial charge in [0.15, 0.2) is 34.9 Å². The van der Waals surface area contributed by atoms with Crippen molar-refractivity contribution in [1.29, 1.82) is 0 Å². The maximum atomic E-state index is 5.61. The Hall–Kier alpha value is -16.2. The molecular formula is C116H71N7. The normalized spacial score (nSPS) is 13.8. The number of benzene rings is 18. The summed E-state index contributed by atoms with van der Waals surface area (Å²) < 4.78 is 2.35. The van der Waals surface area contributed by atoms with E-state index in [0.717, 1.165) is 106 Å². The molecule has 25 rings (SSSR count). The van der Waals surface area contributed by atoms with Gasteiger partial charge in [0.25, 0.3) is 0 Å². The van der Waals surface area contributed by atoms with E-state index in [4.69, 9.17) is 29.9 Å². The molecule has 0 saturated heterocycles. The second-order valence-corrected chi connectivity index (χ2v) is 32.6. The number of hydrogen-bond donors (Lipinski definition) is 0. The predicted molar refractivity (Wildman–Crippen MR) is 500 cm³/mol. The van der Waals surface area contributed by atoms with Gasteiger partial charge in [0, 0.05) is 49.8 Å². The molecule has 0 N–H and O–H groups in total. The van der Waals surface area contributed by atoms with Crippen molar-refractivity contribution in [2.45, 2.75) is 10.8 Å². The molecule has 0 fully saturated rings. The summed E-state index contributed by atoms with van der Waals surface area (Å²) in [4.78, 5) is 32.8. The Bertz CT molecular complexity index is 7760. The Morgan fingerprint density at radius 2 is 0.390 bits per heavy atom. The molecule has 18 aromatic carbocycles. The standard InChI is InChI=1S/C116H71N7/c1-3-29-72(30-4-1)75-33-21-38-80(67-75)110-119-111(81-39-22-34-76(68-81)73-31-5-2-6-32-73)121-114(120-110)84-42-25-37-79(71-84)88-52-28-60-103-108(88)95-49-11-18-57-100(95)116(103)99-56-17-10-48-94(99)107-87(51-27-59-102(107)116)78-36-24-41-83(70-78)113-118-109(74-63-65-85(66-64-74)123-104-61-19-12-45-91(104)92-46-13-20-62-105(92)123)117-112(122-113)82-40-23-35-77(69-82)86-50-26-58-101-106(86)93-47-9-16-55-98(93)115(101)96-53-14-7-43-89(96)90-44-8-15-54-97(90)115/h1-71H. The molecule has 570 valence electrons. The molecule has 2 spiro atoms. The zero-order valence-corrected chi connectivity index (χ0v) is 66.6. The quantitative estimate of drug-likeness (QED) is 0.121. The fourth-order valence-corrected chi connectivity index (χ4v) is 21.0. The van der Waals surface area contributed by atoms with Crippen LogP contribution in [0.4, 0.5) is 0 Å². The van der Waals surface area contributed by atoms with Crippen LogP contribution >= 0.6 is 0 Å². The van der Waals surface area contributed by atoms with Gasteiger partial charge in [-0.2, -0.15) is 0 Å². The molecular weight excluding hydrogens is 1490 g/mol. The maximum absolute atomic E-state index is 5.61. The van der Waals surface area contributed by atoms with Crippen LogP contribution in [0.5, 0.6) is 0 Å². The highest BCUT2D eigenvalue weighted by Gasteiger charge is 2.54. The average Bonchev–Trinajstić information content (AvgIpc) is 1.51. The molecule has 7 heteroatoms. The molecule has 21 aromatic rings. The smallest absolute Gasteiger partial charge is 0.164 e. The van der Waals surface area contributed by atoms with Crippen molar-refractivity contribution in [2.75, 3.05) is 0 Å². The SMILES string of the molecule is c1ccc(-c2cccc(-c3nc(-c4cccc(-c5ccccc5)c4)nc(-c4cccc(-c5cccc6c5-c5ccccc5C65c6ccccc6-c6c(-c7cccc(-c8nc(-c9ccc(-n%10c%11ccccc%11c%11ccccc%11%10)cc9)nc(-c9cccc(-c%10cccc%11c%10-c%10ccccc%10C%11%10c%11ccccc%11-c%11ccccc%11%10)c9)n8)c7)cccc65)c4)n3)c2)cc1. The van der Waals surface area contributed by atoms with Crippen molar-refractivity contribution < 1.29 is 0 Å². The third-order valence-corrected chi connectivity index (χ3v) is 26.1. The molecule has 1 atom stereocenters. The van der Waals surface area contributed by atoms with Gasteiger partial charge in [-0.1, -0.05) is 364 Å². The van der Waals surface area contributed by atoms with Crippen molar-refractivity contribution in [3.63, 3.8) is 0 Å². The minimum atomic E-state index is -0.679. The number of para-hydroxylation sites is 2. The van der Waals surface area contributed by atoms with Gasteiger partial charge in [0.05, 0.1) is 21.9 Å². The van der Waals surface area contributed by atoms with E-state index in [-0.39, 0.29) is 0 Å². The van der Waals surface area contributed by atoms with Gasteiger partial charge in [-0.3, -0.25) is 0 Å². The summed E-state index contributed by atoms with van der Waals surface area (Å²) >= 11 is 0. The third kappa shape index (κ3) is 10.7. The van der Waals surface area contributed by atoms with Crippen LogP contribution in [0.1, 0.15) is 44.5 Å². The largest absolute Gasteiger partial charge is 0.309 e. The highest BCUT2D eigenvalue weighted by molar-refractivity contribution is 6.10. The van der Waals surface area contributed by atoms with Crippen LogP contribution in [0, 0.1) is 0 Å². The first kappa shape index (κ1) is 69.9. The lowest BCUT2D eigenvalue weighted by molar-refractivity contribution is 0.794. The monoisotopic (exact) mass is 1560 g/mol. The first-order valence-electron chi connectivity index (χ1n) is 42.1. The Balaban J connectivity index is 0.618. The van der Waals surface area contributed by atoms with Crippen LogP contribution < -0.4 is 0 Å². The van der Waals surface area contributed by atoms with E-state index in [0.29, 0.717) is 34.9 Å². The lowest BCUT2D eigenvalue weighted by Crippen LogP contribution is -2.25. The second kappa shape index (κ2) is 27.7. The number of rotatable bonds is 12. The third-order valence-electron chi connectivity index (χ3n) is 26.1. The molecule has 1 unspecified atom stereocenters. The Labute approximate surface area is 711 Å². The molecule has 4 aliphatic rings. The summed E-state index contributed by atoms with van der Waals surface area (Å²) in [5.74, 6) is 3.51. The molecule has 3 heterocycles. The van der Waals surface area contributed by atoms with Gasteiger partial charge < -0.3 is 4.57 Å². The summed E-state index contributed by atoms with van der Waals surface area (Å²) in [5.41, 5.74) is 38.5. The first-order chi connectivity index (χ1) is 61.0. The fourth-order valence-electron chi connectivity index (χ4n) is 21.0. The zero-order valence-electron chi connectivity index (χ0n) is 66.6. The summed E-state index contributed by atoms with van der Waals surface area (Å²) in [6, 6.07) is 157. The summed E-state index contributed by atoms with van der Waals surface area (Å²) in [6.45, 7) is 0. The predicted octanol–water partition coefficient (Wildman–Crippen LogP) is 28.2. The maximum Gasteiger partial charge on any atom is 0.164 e. The fraction of sp³-hybridized carbons (Fsp3) is 0.0172. The minimum absolute atomic E-state index is 0.484. The molecule has 7 nitrogen and oxygen atoms in total. The summed E-state index contributed by atoms with van der Waals surface area (Å²) in [5, 5.41) is 2.43. The average molecular weight is 1560 g/mol. The highest BCUT2D eigenvalue weighted by Crippen LogP contribution is 2.67. The Morgan fingerprint density at radius 1 is 0.154 bits per heavy atom. The van der Waals surface area contributed by atoms with E-state index in [1.807, 2.05) is 0 Å². The van der Waals surface area contributed by atoms with Crippen molar-refractivity contribution in [1.82, 2.24) is 34.5 Å². The number of hydrogen-bond acceptors (Lipinski definition) is 6. The number of aromatic nitrogens is 7. The molecule has 0 amide bonds. The van der Waals surface area contributed by atoms with Gasteiger partial charge >= 0.3 is 0 Å². The van der Waals surface area contributed by atoms with E-state index in [9.17, 15) is 0 Å². The lowest BCUT2D eigenvalue weighted by Gasteiger charge is -2.30. The minimum Gasteiger partial charge on any atom is -0.309 e. The van der Waals surface area contributed by atoms with Crippen LogP contribution in [-0.4, -0.2) is 34.5 Å². The van der Waals surface area contributed by atoms with Crippen LogP contribution in [0.15, 0.2) is 431 Å².